The second kappa shape index (κ2) is 7.91. The first kappa shape index (κ1) is 18.5. The highest BCUT2D eigenvalue weighted by Gasteiger charge is 2.17. The van der Waals surface area contributed by atoms with Crippen LogP contribution in [0.2, 0.25) is 0 Å². The summed E-state index contributed by atoms with van der Waals surface area (Å²) in [6, 6.07) is 9.87. The van der Waals surface area contributed by atoms with Crippen molar-refractivity contribution in [2.24, 2.45) is 0 Å². The highest BCUT2D eigenvalue weighted by molar-refractivity contribution is 7.99. The summed E-state index contributed by atoms with van der Waals surface area (Å²) in [5.41, 5.74) is 4.95. The van der Waals surface area contributed by atoms with Crippen LogP contribution in [0.3, 0.4) is 0 Å². The Labute approximate surface area is 157 Å². The summed E-state index contributed by atoms with van der Waals surface area (Å²) < 4.78 is 7.89. The molecule has 0 bridgehead atoms. The molecule has 5 nitrogen and oxygen atoms in total. The molecule has 3 rings (SSSR count). The van der Waals surface area contributed by atoms with Gasteiger partial charge >= 0.3 is 0 Å². The van der Waals surface area contributed by atoms with Crippen LogP contribution in [0.15, 0.2) is 40.0 Å². The lowest BCUT2D eigenvalue weighted by atomic mass is 10.1. The van der Waals surface area contributed by atoms with Crippen LogP contribution in [0.25, 0.3) is 11.5 Å². The maximum atomic E-state index is 12.6. The number of benzene rings is 1. The summed E-state index contributed by atoms with van der Waals surface area (Å²) in [5, 5.41) is 8.55. The van der Waals surface area contributed by atoms with E-state index in [4.69, 9.17) is 4.42 Å². The van der Waals surface area contributed by atoms with Gasteiger partial charge in [0, 0.05) is 29.1 Å². The Hall–Kier alpha value is -2.34. The van der Waals surface area contributed by atoms with E-state index in [1.54, 1.807) is 0 Å². The Bertz CT molecular complexity index is 927. The third-order valence-electron chi connectivity index (χ3n) is 4.32. The van der Waals surface area contributed by atoms with Crippen molar-refractivity contribution < 1.29 is 9.21 Å². The molecular weight excluding hydrogens is 346 g/mol. The zero-order chi connectivity index (χ0) is 18.7. The zero-order valence-electron chi connectivity index (χ0n) is 15.6. The molecule has 1 aromatic carbocycles. The molecule has 26 heavy (non-hydrogen) atoms. The maximum Gasteiger partial charge on any atom is 0.277 e. The summed E-state index contributed by atoms with van der Waals surface area (Å²) in [7, 11) is 0. The van der Waals surface area contributed by atoms with E-state index in [0.29, 0.717) is 11.1 Å². The highest BCUT2D eigenvalue weighted by Crippen LogP contribution is 2.25. The molecule has 2 heterocycles. The minimum Gasteiger partial charge on any atom is -0.411 e. The van der Waals surface area contributed by atoms with Crippen LogP contribution >= 0.6 is 11.8 Å². The molecule has 0 fully saturated rings. The van der Waals surface area contributed by atoms with Crippen LogP contribution in [-0.4, -0.2) is 26.3 Å². The molecule has 0 atom stereocenters. The lowest BCUT2D eigenvalue weighted by Gasteiger charge is -2.07. The molecule has 0 saturated heterocycles. The van der Waals surface area contributed by atoms with Crippen LogP contribution in [0.5, 0.6) is 0 Å². The minimum atomic E-state index is 0.0840. The number of aromatic nitrogens is 3. The third kappa shape index (κ3) is 3.90. The number of thioether (sulfide) groups is 1. The monoisotopic (exact) mass is 369 g/mol. The highest BCUT2D eigenvalue weighted by atomic mass is 32.2. The van der Waals surface area contributed by atoms with Gasteiger partial charge in [-0.05, 0) is 45.4 Å². The fourth-order valence-electron chi connectivity index (χ4n) is 3.02. The van der Waals surface area contributed by atoms with Gasteiger partial charge in [-0.1, -0.05) is 36.4 Å². The van der Waals surface area contributed by atoms with Gasteiger partial charge in [0.25, 0.3) is 5.22 Å². The molecule has 0 radical (unpaired) electrons. The van der Waals surface area contributed by atoms with E-state index in [-0.39, 0.29) is 11.5 Å². The summed E-state index contributed by atoms with van der Waals surface area (Å²) in [5.74, 6) is 0.844. The largest absolute Gasteiger partial charge is 0.411 e. The molecule has 3 aromatic rings. The van der Waals surface area contributed by atoms with Gasteiger partial charge in [-0.25, -0.2) is 0 Å². The average molecular weight is 369 g/mol. The van der Waals surface area contributed by atoms with Crippen LogP contribution < -0.4 is 0 Å². The Morgan fingerprint density at radius 1 is 1.19 bits per heavy atom. The number of carbonyl (C=O) groups excluding carboxylic acids is 1. The molecule has 0 unspecified atom stereocenters. The van der Waals surface area contributed by atoms with E-state index in [1.807, 2.05) is 51.1 Å². The van der Waals surface area contributed by atoms with Crippen molar-refractivity contribution in [2.45, 2.75) is 45.9 Å². The molecule has 2 aromatic heterocycles. The molecule has 136 valence electrons. The van der Waals surface area contributed by atoms with E-state index in [2.05, 4.69) is 21.7 Å². The van der Waals surface area contributed by atoms with Crippen molar-refractivity contribution in [2.75, 3.05) is 5.75 Å². The maximum absolute atomic E-state index is 12.6. The third-order valence-corrected chi connectivity index (χ3v) is 5.14. The smallest absolute Gasteiger partial charge is 0.277 e. The fraction of sp³-hybridized carbons (Fsp3) is 0.350. The molecule has 0 spiro atoms. The van der Waals surface area contributed by atoms with E-state index in [0.717, 1.165) is 41.0 Å². The lowest BCUT2D eigenvalue weighted by Crippen LogP contribution is -2.06. The van der Waals surface area contributed by atoms with Gasteiger partial charge in [-0.15, -0.1) is 10.2 Å². The molecule has 0 aliphatic rings. The normalized spacial score (nSPS) is 11.1. The number of hydrogen-bond acceptors (Lipinski definition) is 5. The number of carbonyl (C=O) groups is 1. The second-order valence-corrected chi connectivity index (χ2v) is 7.32. The molecular formula is C20H23N3O2S. The van der Waals surface area contributed by atoms with Crippen molar-refractivity contribution in [1.29, 1.82) is 0 Å². The van der Waals surface area contributed by atoms with Crippen LogP contribution in [0.4, 0.5) is 0 Å². The van der Waals surface area contributed by atoms with E-state index >= 15 is 0 Å². The number of aryl methyl sites for hydroxylation is 2. The van der Waals surface area contributed by atoms with Crippen LogP contribution in [0, 0.1) is 20.8 Å². The van der Waals surface area contributed by atoms with Crippen LogP contribution in [0.1, 0.15) is 40.7 Å². The first-order valence-electron chi connectivity index (χ1n) is 8.73. The summed E-state index contributed by atoms with van der Waals surface area (Å²) >= 11 is 1.28. The first-order chi connectivity index (χ1) is 12.5. The topological polar surface area (TPSA) is 60.9 Å². The zero-order valence-corrected chi connectivity index (χ0v) is 16.4. The van der Waals surface area contributed by atoms with Crippen molar-refractivity contribution in [3.05, 3.63) is 52.8 Å². The molecule has 0 amide bonds. The fourth-order valence-corrected chi connectivity index (χ4v) is 3.67. The Morgan fingerprint density at radius 2 is 2.00 bits per heavy atom. The van der Waals surface area contributed by atoms with E-state index in [9.17, 15) is 4.79 Å². The van der Waals surface area contributed by atoms with Crippen molar-refractivity contribution in [3.63, 3.8) is 0 Å². The quantitative estimate of drug-likeness (QED) is 0.440. The number of ketones is 1. The number of Topliss-reactive ketones (excluding diaryl/α,β-unsaturated/α-hetero) is 1. The van der Waals surface area contributed by atoms with E-state index < -0.39 is 0 Å². The number of rotatable bonds is 7. The summed E-state index contributed by atoms with van der Waals surface area (Å²) in [6.07, 6.45) is 1.04. The SMILES string of the molecule is CCCn1c(C)cc(C(=O)CSc2nnc(-c3cccc(C)c3)o2)c1C. The van der Waals surface area contributed by atoms with Gasteiger partial charge in [0.05, 0.1) is 5.75 Å². The minimum absolute atomic E-state index is 0.0840. The Morgan fingerprint density at radius 3 is 2.73 bits per heavy atom. The van der Waals surface area contributed by atoms with Gasteiger partial charge in [0.2, 0.25) is 5.89 Å². The van der Waals surface area contributed by atoms with Crippen LogP contribution in [-0.2, 0) is 6.54 Å². The number of hydrogen-bond donors (Lipinski definition) is 0. The average Bonchev–Trinajstić information content (AvgIpc) is 3.20. The van der Waals surface area contributed by atoms with Crippen molar-refractivity contribution in [1.82, 2.24) is 14.8 Å². The molecule has 0 aliphatic heterocycles. The Kier molecular flexibility index (Phi) is 5.61. The summed E-state index contributed by atoms with van der Waals surface area (Å²) in [6.45, 7) is 9.13. The van der Waals surface area contributed by atoms with E-state index in [1.165, 1.54) is 11.8 Å². The Balaban J connectivity index is 1.68. The van der Waals surface area contributed by atoms with Crippen molar-refractivity contribution >= 4 is 17.5 Å². The van der Waals surface area contributed by atoms with Gasteiger partial charge in [-0.3, -0.25) is 4.79 Å². The van der Waals surface area contributed by atoms with Gasteiger partial charge in [0.1, 0.15) is 0 Å². The van der Waals surface area contributed by atoms with Gasteiger partial charge < -0.3 is 8.98 Å². The molecule has 6 heteroatoms. The molecule has 0 N–H and O–H groups in total. The lowest BCUT2D eigenvalue weighted by molar-refractivity contribution is 0.102. The molecule has 0 aliphatic carbocycles. The standard InChI is InChI=1S/C20H23N3O2S/c1-5-9-23-14(3)11-17(15(23)4)18(24)12-26-20-22-21-19(25-20)16-8-6-7-13(2)10-16/h6-8,10-11H,5,9,12H2,1-4H3. The predicted molar refractivity (Wildman–Crippen MR) is 104 cm³/mol. The second-order valence-electron chi connectivity index (χ2n) is 6.39. The van der Waals surface area contributed by atoms with Crippen molar-refractivity contribution in [3.8, 4) is 11.5 Å². The molecule has 0 saturated carbocycles. The summed E-state index contributed by atoms with van der Waals surface area (Å²) in [4.78, 5) is 12.6. The van der Waals surface area contributed by atoms with Gasteiger partial charge in [0.15, 0.2) is 5.78 Å². The number of nitrogens with zero attached hydrogens (tertiary/aromatic N) is 3. The predicted octanol–water partition coefficient (Wildman–Crippen LogP) is 4.85. The van der Waals surface area contributed by atoms with Gasteiger partial charge in [-0.2, -0.15) is 0 Å². The first-order valence-corrected chi connectivity index (χ1v) is 9.71.